The van der Waals surface area contributed by atoms with Crippen molar-refractivity contribution in [2.24, 2.45) is 5.73 Å². The van der Waals surface area contributed by atoms with E-state index in [0.717, 1.165) is 27.3 Å². The maximum atomic E-state index is 11.2. The van der Waals surface area contributed by atoms with Crippen molar-refractivity contribution in [3.05, 3.63) is 39.8 Å². The van der Waals surface area contributed by atoms with Crippen molar-refractivity contribution >= 4 is 22.4 Å². The summed E-state index contributed by atoms with van der Waals surface area (Å²) in [7, 11) is 0. The van der Waals surface area contributed by atoms with Crippen molar-refractivity contribution in [3.8, 4) is 10.6 Å². The van der Waals surface area contributed by atoms with Crippen LogP contribution in [-0.2, 0) is 0 Å². The average Bonchev–Trinajstić information content (AvgIpc) is 2.91. The van der Waals surface area contributed by atoms with Gasteiger partial charge in [0.1, 0.15) is 5.01 Å². The van der Waals surface area contributed by atoms with Gasteiger partial charge in [0.15, 0.2) is 0 Å². The van der Waals surface area contributed by atoms with Crippen molar-refractivity contribution in [2.75, 3.05) is 0 Å². The summed E-state index contributed by atoms with van der Waals surface area (Å²) < 4.78 is 0. The maximum absolute atomic E-state index is 11.2. The predicted octanol–water partition coefficient (Wildman–Crippen LogP) is 2.00. The number of rotatable bonds is 2. The van der Waals surface area contributed by atoms with Gasteiger partial charge in [0.25, 0.3) is 0 Å². The predicted molar refractivity (Wildman–Crippen MR) is 72.6 cm³/mol. The van der Waals surface area contributed by atoms with Crippen LogP contribution >= 0.6 is 11.3 Å². The number of thiazole rings is 1. The van der Waals surface area contributed by atoms with Gasteiger partial charge in [0.05, 0.1) is 16.7 Å². The third kappa shape index (κ3) is 1.85. The zero-order valence-electron chi connectivity index (χ0n) is 9.73. The Hall–Kier alpha value is -1.92. The molecule has 1 atom stereocenters. The van der Waals surface area contributed by atoms with E-state index in [2.05, 4.69) is 15.0 Å². The molecule has 0 radical (unpaired) electrons. The van der Waals surface area contributed by atoms with Crippen LogP contribution in [0.4, 0.5) is 0 Å². The fourth-order valence-corrected chi connectivity index (χ4v) is 2.71. The smallest absolute Gasteiger partial charge is 0.323 e. The third-order valence-corrected chi connectivity index (χ3v) is 3.66. The molecule has 6 heteroatoms. The number of fused-ring (bicyclic) bond motifs is 1. The second kappa shape index (κ2) is 4.08. The van der Waals surface area contributed by atoms with Crippen molar-refractivity contribution in [3.63, 3.8) is 0 Å². The highest BCUT2D eigenvalue weighted by Gasteiger charge is 2.08. The Balaban J connectivity index is 2.09. The number of nitrogens with one attached hydrogen (secondary N) is 2. The largest absolute Gasteiger partial charge is 0.323 e. The number of nitrogens with two attached hydrogens (primary N) is 1. The SMILES string of the molecule is CC(N)c1csc(-c2ccc3[nH]c(=O)[nH]c3c2)n1. The highest BCUT2D eigenvalue weighted by atomic mass is 32.1. The first-order valence-electron chi connectivity index (χ1n) is 5.57. The lowest BCUT2D eigenvalue weighted by Gasteiger charge is -1.98. The lowest BCUT2D eigenvalue weighted by atomic mass is 10.2. The van der Waals surface area contributed by atoms with E-state index in [1.807, 2.05) is 30.5 Å². The molecule has 0 aliphatic heterocycles. The summed E-state index contributed by atoms with van der Waals surface area (Å²) in [6, 6.07) is 5.66. The topological polar surface area (TPSA) is 87.6 Å². The van der Waals surface area contributed by atoms with Gasteiger partial charge in [-0.2, -0.15) is 0 Å². The fraction of sp³-hybridized carbons (Fsp3) is 0.167. The van der Waals surface area contributed by atoms with E-state index in [9.17, 15) is 4.79 Å². The molecule has 2 aromatic heterocycles. The summed E-state index contributed by atoms with van der Waals surface area (Å²) in [6.45, 7) is 1.91. The lowest BCUT2D eigenvalue weighted by molar-refractivity contribution is 0.790. The minimum Gasteiger partial charge on any atom is -0.323 e. The van der Waals surface area contributed by atoms with Gasteiger partial charge in [-0.05, 0) is 25.1 Å². The van der Waals surface area contributed by atoms with Gasteiger partial charge >= 0.3 is 5.69 Å². The molecule has 0 bridgehead atoms. The molecule has 0 saturated heterocycles. The Morgan fingerprint density at radius 3 is 2.83 bits per heavy atom. The number of hydrogen-bond donors (Lipinski definition) is 3. The van der Waals surface area contributed by atoms with Gasteiger partial charge < -0.3 is 15.7 Å². The second-order valence-electron chi connectivity index (χ2n) is 4.21. The minimum absolute atomic E-state index is 0.0641. The van der Waals surface area contributed by atoms with Crippen LogP contribution in [0, 0.1) is 0 Å². The van der Waals surface area contributed by atoms with Gasteiger partial charge in [-0.25, -0.2) is 9.78 Å². The van der Waals surface area contributed by atoms with Crippen molar-refractivity contribution in [1.29, 1.82) is 0 Å². The molecule has 0 saturated carbocycles. The summed E-state index contributed by atoms with van der Waals surface area (Å²) in [6.07, 6.45) is 0. The molecular weight excluding hydrogens is 248 g/mol. The van der Waals surface area contributed by atoms with Crippen molar-refractivity contribution in [2.45, 2.75) is 13.0 Å². The number of aromatic nitrogens is 3. The monoisotopic (exact) mass is 260 g/mol. The molecule has 3 rings (SSSR count). The van der Waals surface area contributed by atoms with Gasteiger partial charge in [0, 0.05) is 17.0 Å². The Morgan fingerprint density at radius 2 is 2.11 bits per heavy atom. The van der Waals surface area contributed by atoms with Crippen LogP contribution in [0.5, 0.6) is 0 Å². The lowest BCUT2D eigenvalue weighted by Crippen LogP contribution is -2.04. The Kier molecular flexibility index (Phi) is 2.53. The number of nitrogens with zero attached hydrogens (tertiary/aromatic N) is 1. The number of benzene rings is 1. The van der Waals surface area contributed by atoms with Gasteiger partial charge in [-0.1, -0.05) is 0 Å². The summed E-state index contributed by atoms with van der Waals surface area (Å²) in [4.78, 5) is 21.1. The molecule has 0 aliphatic carbocycles. The van der Waals surface area contributed by atoms with Crippen molar-refractivity contribution in [1.82, 2.24) is 15.0 Å². The quantitative estimate of drug-likeness (QED) is 0.658. The summed E-state index contributed by atoms with van der Waals surface area (Å²) >= 11 is 1.55. The van der Waals surface area contributed by atoms with E-state index in [1.165, 1.54) is 0 Å². The van der Waals surface area contributed by atoms with E-state index >= 15 is 0 Å². The molecule has 5 nitrogen and oxygen atoms in total. The maximum Gasteiger partial charge on any atom is 0.323 e. The standard InChI is InChI=1S/C12H12N4OS/c1-6(13)10-5-18-11(14-10)7-2-3-8-9(4-7)16-12(17)15-8/h2-6H,13H2,1H3,(H2,15,16,17). The van der Waals surface area contributed by atoms with E-state index < -0.39 is 0 Å². The number of H-pyrrole nitrogens is 2. The van der Waals surface area contributed by atoms with E-state index in [0.29, 0.717) is 0 Å². The number of imidazole rings is 1. The van der Waals surface area contributed by atoms with Crippen LogP contribution in [0.1, 0.15) is 18.7 Å². The van der Waals surface area contributed by atoms with Gasteiger partial charge in [-0.3, -0.25) is 0 Å². The molecule has 1 unspecified atom stereocenters. The second-order valence-corrected chi connectivity index (χ2v) is 5.06. The normalized spacial score (nSPS) is 13.0. The van der Waals surface area contributed by atoms with Crippen LogP contribution < -0.4 is 11.4 Å². The van der Waals surface area contributed by atoms with E-state index in [-0.39, 0.29) is 11.7 Å². The van der Waals surface area contributed by atoms with Crippen LogP contribution in [0.25, 0.3) is 21.6 Å². The Bertz CT molecular complexity index is 753. The Morgan fingerprint density at radius 1 is 1.33 bits per heavy atom. The summed E-state index contributed by atoms with van der Waals surface area (Å²) in [5.74, 6) is 0. The molecule has 3 aromatic rings. The number of hydrogen-bond acceptors (Lipinski definition) is 4. The zero-order chi connectivity index (χ0) is 12.7. The molecule has 0 aliphatic rings. The first-order chi connectivity index (χ1) is 8.63. The van der Waals surface area contributed by atoms with Gasteiger partial charge in [-0.15, -0.1) is 11.3 Å². The highest BCUT2D eigenvalue weighted by Crippen LogP contribution is 2.27. The van der Waals surface area contributed by atoms with Crippen LogP contribution in [0.3, 0.4) is 0 Å². The third-order valence-electron chi connectivity index (χ3n) is 2.75. The molecule has 2 heterocycles. The average molecular weight is 260 g/mol. The first-order valence-corrected chi connectivity index (χ1v) is 6.45. The van der Waals surface area contributed by atoms with E-state index in [1.54, 1.807) is 11.3 Å². The molecule has 1 aromatic carbocycles. The molecule has 0 fully saturated rings. The minimum atomic E-state index is -0.197. The molecule has 4 N–H and O–H groups in total. The molecule has 92 valence electrons. The summed E-state index contributed by atoms with van der Waals surface area (Å²) in [5, 5.41) is 2.87. The Labute approximate surface area is 107 Å². The molecule has 0 amide bonds. The van der Waals surface area contributed by atoms with Crippen molar-refractivity contribution < 1.29 is 0 Å². The van der Waals surface area contributed by atoms with Crippen LogP contribution in [-0.4, -0.2) is 15.0 Å². The summed E-state index contributed by atoms with van der Waals surface area (Å²) in [5.41, 5.74) is 9.05. The van der Waals surface area contributed by atoms with Crippen LogP contribution in [0.15, 0.2) is 28.4 Å². The van der Waals surface area contributed by atoms with Crippen LogP contribution in [0.2, 0.25) is 0 Å². The van der Waals surface area contributed by atoms with Gasteiger partial charge in [0.2, 0.25) is 0 Å². The van der Waals surface area contributed by atoms with E-state index in [4.69, 9.17) is 5.73 Å². The zero-order valence-corrected chi connectivity index (χ0v) is 10.5. The fourth-order valence-electron chi connectivity index (χ4n) is 1.79. The highest BCUT2D eigenvalue weighted by molar-refractivity contribution is 7.13. The number of aromatic amines is 2. The first kappa shape index (κ1) is 11.2. The molecular formula is C12H12N4OS. The molecule has 0 spiro atoms. The molecule has 18 heavy (non-hydrogen) atoms.